The van der Waals surface area contributed by atoms with Crippen LogP contribution in [0.3, 0.4) is 0 Å². The fourth-order valence-electron chi connectivity index (χ4n) is 2.26. The Balaban J connectivity index is 2.36. The van der Waals surface area contributed by atoms with E-state index in [9.17, 15) is 8.60 Å². The second kappa shape index (κ2) is 7.12. The van der Waals surface area contributed by atoms with Gasteiger partial charge in [-0.25, -0.2) is 18.0 Å². The molecule has 0 spiro atoms. The number of guanidine groups is 1. The molecule has 0 radical (unpaired) electrons. The van der Waals surface area contributed by atoms with Gasteiger partial charge in [0.15, 0.2) is 0 Å². The van der Waals surface area contributed by atoms with Crippen molar-refractivity contribution in [3.05, 3.63) is 33.1 Å². The fraction of sp³-hybridized carbons (Fsp3) is 0.500. The predicted molar refractivity (Wildman–Crippen MR) is 96.5 cm³/mol. The molecule has 2 N–H and O–H groups in total. The van der Waals surface area contributed by atoms with Crippen LogP contribution in [0.1, 0.15) is 32.3 Å². The molecule has 0 amide bonds. The lowest BCUT2D eigenvalue weighted by molar-refractivity contribution is 0.491. The van der Waals surface area contributed by atoms with Crippen LogP contribution in [0.5, 0.6) is 0 Å². The van der Waals surface area contributed by atoms with Gasteiger partial charge in [0.1, 0.15) is 16.6 Å². The first kappa shape index (κ1) is 17.5. The summed E-state index contributed by atoms with van der Waals surface area (Å²) in [7, 11) is -1.90. The number of rotatable bonds is 2. The van der Waals surface area contributed by atoms with Gasteiger partial charge in [0.25, 0.3) is 0 Å². The molecule has 1 aromatic carbocycles. The molecule has 1 aliphatic rings. The third-order valence-corrected chi connectivity index (χ3v) is 5.38. The lowest BCUT2D eigenvalue weighted by Gasteiger charge is -2.25. The van der Waals surface area contributed by atoms with Gasteiger partial charge in [-0.3, -0.25) is 4.31 Å². The van der Waals surface area contributed by atoms with E-state index < -0.39 is 16.3 Å². The number of benzene rings is 1. The van der Waals surface area contributed by atoms with E-state index in [-0.39, 0.29) is 11.8 Å². The first-order valence-corrected chi connectivity index (χ1v) is 9.28. The number of hydrogen-bond donors (Lipinski definition) is 2. The molecule has 2 rings (SSSR count). The Hall–Kier alpha value is -0.900. The molecule has 1 unspecified atom stereocenters. The van der Waals surface area contributed by atoms with Crippen molar-refractivity contribution in [2.45, 2.75) is 32.2 Å². The Labute approximate surface area is 145 Å². The highest BCUT2D eigenvalue weighted by molar-refractivity contribution is 14.1. The van der Waals surface area contributed by atoms with E-state index in [1.807, 2.05) is 0 Å². The zero-order valence-corrected chi connectivity index (χ0v) is 15.6. The highest BCUT2D eigenvalue weighted by Crippen LogP contribution is 2.29. The monoisotopic (exact) mass is 438 g/mol. The Kier molecular flexibility index (Phi) is 5.65. The Morgan fingerprint density at radius 2 is 2.23 bits per heavy atom. The van der Waals surface area contributed by atoms with Crippen LogP contribution in [-0.4, -0.2) is 27.6 Å². The minimum Gasteiger partial charge on any atom is -0.369 e. The van der Waals surface area contributed by atoms with Crippen LogP contribution < -0.4 is 5.73 Å². The molecule has 5 nitrogen and oxygen atoms in total. The first-order valence-electron chi connectivity index (χ1n) is 7.04. The van der Waals surface area contributed by atoms with Gasteiger partial charge in [-0.1, -0.05) is 0 Å². The Morgan fingerprint density at radius 3 is 2.95 bits per heavy atom. The third kappa shape index (κ3) is 4.09. The molecule has 22 heavy (non-hydrogen) atoms. The highest BCUT2D eigenvalue weighted by atomic mass is 127. The molecule has 1 aliphatic heterocycles. The number of hydrogen-bond acceptors (Lipinski definition) is 3. The van der Waals surface area contributed by atoms with Crippen molar-refractivity contribution in [1.29, 1.82) is 0 Å². The van der Waals surface area contributed by atoms with Crippen molar-refractivity contribution in [1.82, 2.24) is 4.31 Å². The lowest BCUT2D eigenvalue weighted by Crippen LogP contribution is -2.38. The molecule has 0 bridgehead atoms. The first-order chi connectivity index (χ1) is 10.3. The Bertz CT molecular complexity index is 671. The van der Waals surface area contributed by atoms with Gasteiger partial charge in [0, 0.05) is 22.2 Å². The minimum atomic E-state index is -1.90. The molecule has 122 valence electrons. The average Bonchev–Trinajstić information content (AvgIpc) is 2.65. The van der Waals surface area contributed by atoms with Crippen LogP contribution in [0.2, 0.25) is 0 Å². The van der Waals surface area contributed by atoms with Gasteiger partial charge < -0.3 is 5.73 Å². The van der Waals surface area contributed by atoms with Crippen molar-refractivity contribution in [3.63, 3.8) is 0 Å². The highest BCUT2D eigenvalue weighted by Gasteiger charge is 2.25. The lowest BCUT2D eigenvalue weighted by atomic mass is 9.94. The maximum atomic E-state index is 14.1. The van der Waals surface area contributed by atoms with E-state index >= 15 is 0 Å². The third-order valence-electron chi connectivity index (χ3n) is 3.45. The molecule has 0 aliphatic carbocycles. The smallest absolute Gasteiger partial charge is 0.204 e. The minimum absolute atomic E-state index is 0.148. The van der Waals surface area contributed by atoms with Gasteiger partial charge in [0.05, 0.1) is 5.54 Å². The van der Waals surface area contributed by atoms with Gasteiger partial charge >= 0.3 is 0 Å². The molecule has 1 aromatic rings. The number of aliphatic imine (C=N–C) groups is 1. The zero-order valence-electron chi connectivity index (χ0n) is 12.6. The van der Waals surface area contributed by atoms with Gasteiger partial charge in [-0.05, 0) is 67.5 Å². The summed E-state index contributed by atoms with van der Waals surface area (Å²) in [5, 5.41) is 0. The summed E-state index contributed by atoms with van der Waals surface area (Å²) < 4.78 is 32.7. The normalized spacial score (nSPS) is 20.5. The fourth-order valence-corrected chi connectivity index (χ4v) is 3.75. The quantitative estimate of drug-likeness (QED) is 0.323. The van der Waals surface area contributed by atoms with Crippen molar-refractivity contribution < 1.29 is 8.60 Å². The van der Waals surface area contributed by atoms with E-state index in [1.165, 1.54) is 10.4 Å². The van der Waals surface area contributed by atoms with Crippen LogP contribution in [-0.2, 0) is 16.3 Å². The largest absolute Gasteiger partial charge is 0.369 e. The maximum absolute atomic E-state index is 14.1. The molecule has 0 fully saturated rings. The van der Waals surface area contributed by atoms with E-state index in [1.54, 1.807) is 26.0 Å². The van der Waals surface area contributed by atoms with Gasteiger partial charge in [-0.15, -0.1) is 0 Å². The topological polar surface area (TPSA) is 71.0 Å². The standard InChI is InChI=1S/C14H20FIN4OS/c1-14(2,11-9-10(16)5-6-12(11)15)19-13(17)20-8-4-3-7-18-22(20)21/h5-6,9,22H,3-4,7-8H2,1-2H3,(H2,17,19). The summed E-state index contributed by atoms with van der Waals surface area (Å²) >= 11 is 2.13. The number of thiol groups is 1. The summed E-state index contributed by atoms with van der Waals surface area (Å²) in [6, 6.07) is 4.87. The zero-order chi connectivity index (χ0) is 16.3. The molecule has 8 heteroatoms. The van der Waals surface area contributed by atoms with Crippen molar-refractivity contribution >= 4 is 39.3 Å². The van der Waals surface area contributed by atoms with E-state index in [4.69, 9.17) is 5.73 Å². The summed E-state index contributed by atoms with van der Waals surface area (Å²) in [5.74, 6) is -0.179. The average molecular weight is 438 g/mol. The van der Waals surface area contributed by atoms with Crippen LogP contribution in [0.15, 0.2) is 27.6 Å². The van der Waals surface area contributed by atoms with Crippen LogP contribution >= 0.6 is 22.6 Å². The second-order valence-corrected chi connectivity index (χ2v) is 8.12. The molecule has 1 atom stereocenters. The number of nitrogens with zero attached hydrogens (tertiary/aromatic N) is 3. The van der Waals surface area contributed by atoms with Gasteiger partial charge in [-0.2, -0.15) is 0 Å². The molecule has 0 aromatic heterocycles. The van der Waals surface area contributed by atoms with Crippen molar-refractivity contribution in [2.75, 3.05) is 13.1 Å². The Morgan fingerprint density at radius 1 is 1.50 bits per heavy atom. The molecular formula is C14H20FIN4OS. The molecular weight excluding hydrogens is 418 g/mol. The van der Waals surface area contributed by atoms with Crippen LogP contribution in [0, 0.1) is 9.39 Å². The van der Waals surface area contributed by atoms with Crippen LogP contribution in [0.25, 0.3) is 0 Å². The SMILES string of the molecule is CC(C)(/N=C(/N)N1CCCCN=[SH]1=O)c1cc(I)ccc1F. The second-order valence-electron chi connectivity index (χ2n) is 5.60. The summed E-state index contributed by atoms with van der Waals surface area (Å²) in [6.45, 7) is 4.71. The van der Waals surface area contributed by atoms with E-state index in [2.05, 4.69) is 31.9 Å². The van der Waals surface area contributed by atoms with E-state index in [0.717, 1.165) is 16.4 Å². The maximum Gasteiger partial charge on any atom is 0.204 e. The molecule has 0 saturated carbocycles. The predicted octanol–water partition coefficient (Wildman–Crippen LogP) is 2.66. The van der Waals surface area contributed by atoms with E-state index in [0.29, 0.717) is 18.7 Å². The van der Waals surface area contributed by atoms with Crippen molar-refractivity contribution in [2.24, 2.45) is 15.1 Å². The number of halogens is 2. The van der Waals surface area contributed by atoms with Crippen molar-refractivity contribution in [3.8, 4) is 0 Å². The summed E-state index contributed by atoms with van der Waals surface area (Å²) in [6.07, 6.45) is 1.75. The number of nitrogens with two attached hydrogens (primary N) is 1. The van der Waals surface area contributed by atoms with Gasteiger partial charge in [0.2, 0.25) is 5.96 Å². The summed E-state index contributed by atoms with van der Waals surface area (Å²) in [5.41, 5.74) is 5.64. The summed E-state index contributed by atoms with van der Waals surface area (Å²) in [4.78, 5) is 4.43. The molecule has 1 heterocycles. The van der Waals surface area contributed by atoms with Crippen LogP contribution in [0.4, 0.5) is 4.39 Å². The molecule has 0 saturated heterocycles.